The van der Waals surface area contributed by atoms with E-state index in [1.165, 1.54) is 5.56 Å². The fourth-order valence-corrected chi connectivity index (χ4v) is 4.15. The molecule has 2 saturated heterocycles. The molecule has 4 heteroatoms. The Morgan fingerprint density at radius 3 is 2.32 bits per heavy atom. The summed E-state index contributed by atoms with van der Waals surface area (Å²) >= 11 is 0. The molecule has 0 saturated carbocycles. The predicted octanol–water partition coefficient (Wildman–Crippen LogP) is 3.61. The van der Waals surface area contributed by atoms with Crippen LogP contribution in [0.1, 0.15) is 58.4 Å². The van der Waals surface area contributed by atoms with Crippen LogP contribution in [0.15, 0.2) is 30.3 Å². The van der Waals surface area contributed by atoms with Gasteiger partial charge in [-0.05, 0) is 30.2 Å². The van der Waals surface area contributed by atoms with Crippen LogP contribution in [0, 0.1) is 5.41 Å². The van der Waals surface area contributed by atoms with Gasteiger partial charge in [0.15, 0.2) is 0 Å². The smallest absolute Gasteiger partial charge is 0.223 e. The van der Waals surface area contributed by atoms with Crippen LogP contribution in [-0.4, -0.2) is 40.2 Å². The van der Waals surface area contributed by atoms with Gasteiger partial charge in [0.2, 0.25) is 11.8 Å². The molecule has 0 aromatic heterocycles. The van der Waals surface area contributed by atoms with Crippen LogP contribution in [0.2, 0.25) is 0 Å². The van der Waals surface area contributed by atoms with Crippen molar-refractivity contribution in [2.45, 2.75) is 65.0 Å². The molecule has 4 nitrogen and oxygen atoms in total. The highest BCUT2D eigenvalue weighted by Crippen LogP contribution is 2.40. The van der Waals surface area contributed by atoms with Crippen molar-refractivity contribution >= 4 is 11.8 Å². The van der Waals surface area contributed by atoms with E-state index in [0.29, 0.717) is 19.4 Å². The number of carbonyl (C=O) groups is 2. The van der Waals surface area contributed by atoms with Crippen molar-refractivity contribution in [3.8, 4) is 0 Å². The lowest BCUT2D eigenvalue weighted by molar-refractivity contribution is -0.138. The predicted molar refractivity (Wildman–Crippen MR) is 98.8 cm³/mol. The molecule has 2 aliphatic heterocycles. The number of carbonyl (C=O) groups excluding carboxylic acids is 2. The van der Waals surface area contributed by atoms with E-state index < -0.39 is 0 Å². The first-order valence-electron chi connectivity index (χ1n) is 9.41. The molecule has 1 aromatic rings. The lowest BCUT2D eigenvalue weighted by Crippen LogP contribution is -2.54. The van der Waals surface area contributed by atoms with Crippen molar-refractivity contribution in [2.24, 2.45) is 5.41 Å². The largest absolute Gasteiger partial charge is 0.343 e. The molecule has 0 aliphatic carbocycles. The van der Waals surface area contributed by atoms with Crippen molar-refractivity contribution in [3.05, 3.63) is 35.9 Å². The van der Waals surface area contributed by atoms with Gasteiger partial charge in [-0.3, -0.25) is 9.59 Å². The Bertz CT molecular complexity index is 625. The minimum Gasteiger partial charge on any atom is -0.343 e. The molecule has 2 fully saturated rings. The minimum atomic E-state index is -0.0502. The number of hydrogen-bond acceptors (Lipinski definition) is 2. The van der Waals surface area contributed by atoms with Gasteiger partial charge in [0.05, 0.1) is 0 Å². The van der Waals surface area contributed by atoms with Crippen LogP contribution in [0.5, 0.6) is 0 Å². The number of piperidine rings is 1. The molecule has 0 unspecified atom stereocenters. The molecule has 2 heterocycles. The maximum atomic E-state index is 12.5. The van der Waals surface area contributed by atoms with E-state index in [1.54, 1.807) is 0 Å². The molecule has 25 heavy (non-hydrogen) atoms. The second kappa shape index (κ2) is 6.81. The highest BCUT2D eigenvalue weighted by Gasteiger charge is 2.47. The highest BCUT2D eigenvalue weighted by atomic mass is 16.2. The zero-order chi connectivity index (χ0) is 18.1. The summed E-state index contributed by atoms with van der Waals surface area (Å²) in [5, 5.41) is 0. The quantitative estimate of drug-likeness (QED) is 0.842. The first-order valence-corrected chi connectivity index (χ1v) is 9.41. The molecule has 0 bridgehead atoms. The molecule has 0 radical (unpaired) electrons. The van der Waals surface area contributed by atoms with Crippen LogP contribution in [0.3, 0.4) is 0 Å². The zero-order valence-electron chi connectivity index (χ0n) is 15.8. The van der Waals surface area contributed by atoms with Crippen molar-refractivity contribution in [1.29, 1.82) is 0 Å². The summed E-state index contributed by atoms with van der Waals surface area (Å²) in [7, 11) is 0. The molecule has 0 atom stereocenters. The number of amides is 2. The van der Waals surface area contributed by atoms with Crippen molar-refractivity contribution in [2.75, 3.05) is 13.1 Å². The normalized spacial score (nSPS) is 20.4. The van der Waals surface area contributed by atoms with Crippen LogP contribution < -0.4 is 0 Å². The number of likely N-dealkylation sites (tertiary alicyclic amines) is 2. The van der Waals surface area contributed by atoms with Gasteiger partial charge in [0, 0.05) is 38.0 Å². The molecule has 1 aromatic carbocycles. The van der Waals surface area contributed by atoms with Gasteiger partial charge in [-0.25, -0.2) is 0 Å². The van der Waals surface area contributed by atoms with Crippen LogP contribution >= 0.6 is 0 Å². The number of nitrogens with zero attached hydrogens (tertiary/aromatic N) is 2. The van der Waals surface area contributed by atoms with E-state index in [2.05, 4.69) is 37.8 Å². The SMILES string of the molecule is CC(C)(C)CC(=O)N1CCC2(CCC(=O)N2Cc2ccccc2)CC1. The first kappa shape index (κ1) is 18.0. The summed E-state index contributed by atoms with van der Waals surface area (Å²) in [5.41, 5.74) is 1.16. The Hall–Kier alpha value is -1.84. The summed E-state index contributed by atoms with van der Waals surface area (Å²) < 4.78 is 0. The lowest BCUT2D eigenvalue weighted by Gasteiger charge is -2.45. The second-order valence-corrected chi connectivity index (χ2v) is 8.81. The van der Waals surface area contributed by atoms with E-state index in [1.807, 2.05) is 23.1 Å². The van der Waals surface area contributed by atoms with E-state index in [9.17, 15) is 9.59 Å². The first-order chi connectivity index (χ1) is 11.8. The van der Waals surface area contributed by atoms with Crippen molar-refractivity contribution in [3.63, 3.8) is 0 Å². The van der Waals surface area contributed by atoms with Crippen molar-refractivity contribution < 1.29 is 9.59 Å². The third-order valence-electron chi connectivity index (χ3n) is 5.59. The van der Waals surface area contributed by atoms with Crippen molar-refractivity contribution in [1.82, 2.24) is 9.80 Å². The molecular formula is C21H30N2O2. The summed E-state index contributed by atoms with van der Waals surface area (Å²) in [6.07, 6.45) is 3.97. The number of hydrogen-bond donors (Lipinski definition) is 0. The van der Waals surface area contributed by atoms with Gasteiger partial charge < -0.3 is 9.80 Å². The Labute approximate surface area is 151 Å². The maximum Gasteiger partial charge on any atom is 0.223 e. The molecule has 2 aliphatic rings. The van der Waals surface area contributed by atoms with Gasteiger partial charge in [-0.15, -0.1) is 0 Å². The van der Waals surface area contributed by atoms with E-state index in [4.69, 9.17) is 0 Å². The Morgan fingerprint density at radius 2 is 1.72 bits per heavy atom. The van der Waals surface area contributed by atoms with Gasteiger partial charge in [0.25, 0.3) is 0 Å². The van der Waals surface area contributed by atoms with Gasteiger partial charge in [0.1, 0.15) is 0 Å². The highest BCUT2D eigenvalue weighted by molar-refractivity contribution is 5.80. The zero-order valence-corrected chi connectivity index (χ0v) is 15.8. The monoisotopic (exact) mass is 342 g/mol. The summed E-state index contributed by atoms with van der Waals surface area (Å²) in [4.78, 5) is 29.1. The average Bonchev–Trinajstić information content (AvgIpc) is 2.85. The Balaban J connectivity index is 1.66. The van der Waals surface area contributed by atoms with E-state index in [0.717, 1.165) is 32.4 Å². The fourth-order valence-electron chi connectivity index (χ4n) is 4.15. The number of benzene rings is 1. The standard InChI is InChI=1S/C21H30N2O2/c1-20(2,3)15-19(25)22-13-11-21(12-14-22)10-9-18(24)23(21)16-17-7-5-4-6-8-17/h4-8H,9-16H2,1-3H3. The third kappa shape index (κ3) is 4.05. The average molecular weight is 342 g/mol. The second-order valence-electron chi connectivity index (χ2n) is 8.81. The molecule has 1 spiro atoms. The number of rotatable bonds is 3. The van der Waals surface area contributed by atoms with E-state index in [-0.39, 0.29) is 22.8 Å². The lowest BCUT2D eigenvalue weighted by atomic mass is 9.84. The molecule has 2 amide bonds. The maximum absolute atomic E-state index is 12.5. The third-order valence-corrected chi connectivity index (χ3v) is 5.59. The van der Waals surface area contributed by atoms with Gasteiger partial charge in [-0.1, -0.05) is 51.1 Å². The van der Waals surface area contributed by atoms with E-state index >= 15 is 0 Å². The summed E-state index contributed by atoms with van der Waals surface area (Å²) in [6.45, 7) is 8.55. The minimum absolute atomic E-state index is 0.0227. The van der Waals surface area contributed by atoms with Crippen LogP contribution in [0.4, 0.5) is 0 Å². The molecule has 0 N–H and O–H groups in total. The van der Waals surface area contributed by atoms with Crippen LogP contribution in [0.25, 0.3) is 0 Å². The van der Waals surface area contributed by atoms with Gasteiger partial charge >= 0.3 is 0 Å². The molecular weight excluding hydrogens is 312 g/mol. The Morgan fingerprint density at radius 1 is 1.08 bits per heavy atom. The topological polar surface area (TPSA) is 40.6 Å². The summed E-state index contributed by atoms with van der Waals surface area (Å²) in [6, 6.07) is 10.2. The molecule has 136 valence electrons. The Kier molecular flexibility index (Phi) is 4.90. The van der Waals surface area contributed by atoms with Gasteiger partial charge in [-0.2, -0.15) is 0 Å². The fraction of sp³-hybridized carbons (Fsp3) is 0.619. The van der Waals surface area contributed by atoms with Crippen LogP contribution in [-0.2, 0) is 16.1 Å². The molecule has 3 rings (SSSR count). The summed E-state index contributed by atoms with van der Waals surface area (Å²) in [5.74, 6) is 0.514.